The van der Waals surface area contributed by atoms with Crippen LogP contribution in [0.15, 0.2) is 24.3 Å². The Morgan fingerprint density at radius 2 is 1.89 bits per heavy atom. The van der Waals surface area contributed by atoms with E-state index in [-0.39, 0.29) is 5.91 Å². The summed E-state index contributed by atoms with van der Waals surface area (Å²) in [6.07, 6.45) is 3.11. The molecule has 0 radical (unpaired) electrons. The molecule has 0 aliphatic carbocycles. The number of benzene rings is 1. The summed E-state index contributed by atoms with van der Waals surface area (Å²) < 4.78 is 4.98. The van der Waals surface area contributed by atoms with Crippen LogP contribution in [0, 0.1) is 0 Å². The van der Waals surface area contributed by atoms with Gasteiger partial charge in [0.25, 0.3) is 5.91 Å². The van der Waals surface area contributed by atoms with Gasteiger partial charge in [-0.1, -0.05) is 0 Å². The number of hydrogen-bond donors (Lipinski definition) is 2. The van der Waals surface area contributed by atoms with Crippen LogP contribution in [0.3, 0.4) is 0 Å². The lowest BCUT2D eigenvalue weighted by molar-refractivity contribution is 0.0952. The van der Waals surface area contributed by atoms with Crippen molar-refractivity contribution in [2.24, 2.45) is 0 Å². The van der Waals surface area contributed by atoms with E-state index in [0.717, 1.165) is 44.6 Å². The lowest BCUT2D eigenvalue weighted by Crippen LogP contribution is -2.24. The average Bonchev–Trinajstić information content (AvgIpc) is 2.43. The maximum Gasteiger partial charge on any atom is 0.251 e. The molecule has 4 nitrogen and oxygen atoms in total. The van der Waals surface area contributed by atoms with Crippen LogP contribution < -0.4 is 10.6 Å². The van der Waals surface area contributed by atoms with E-state index in [1.54, 1.807) is 7.11 Å². The minimum atomic E-state index is -0.00482. The fourth-order valence-corrected chi connectivity index (χ4v) is 1.80. The summed E-state index contributed by atoms with van der Waals surface area (Å²) in [5.41, 5.74) is 1.75. The van der Waals surface area contributed by atoms with Gasteiger partial charge in [0.1, 0.15) is 0 Å². The maximum atomic E-state index is 11.8. The standard InChI is InChI=1S/C15H24N2O2/c1-3-16-14-9-7-13(8-10-14)15(18)17-11-5-4-6-12-19-2/h7-10,16H,3-6,11-12H2,1-2H3,(H,17,18). The Kier molecular flexibility index (Phi) is 7.66. The van der Waals surface area contributed by atoms with Crippen molar-refractivity contribution in [3.8, 4) is 0 Å². The average molecular weight is 264 g/mol. The lowest BCUT2D eigenvalue weighted by atomic mass is 10.2. The van der Waals surface area contributed by atoms with E-state index in [1.165, 1.54) is 0 Å². The number of nitrogens with one attached hydrogen (secondary N) is 2. The number of carbonyl (C=O) groups is 1. The van der Waals surface area contributed by atoms with E-state index in [9.17, 15) is 4.79 Å². The van der Waals surface area contributed by atoms with Gasteiger partial charge in [-0.05, 0) is 50.5 Å². The van der Waals surface area contributed by atoms with Gasteiger partial charge in [0.05, 0.1) is 0 Å². The second-order valence-electron chi connectivity index (χ2n) is 4.42. The molecule has 1 aromatic rings. The summed E-state index contributed by atoms with van der Waals surface area (Å²) in [5.74, 6) is -0.00482. The number of unbranched alkanes of at least 4 members (excludes halogenated alkanes) is 2. The first-order valence-corrected chi connectivity index (χ1v) is 6.89. The Hall–Kier alpha value is -1.55. The highest BCUT2D eigenvalue weighted by Crippen LogP contribution is 2.09. The summed E-state index contributed by atoms with van der Waals surface area (Å²) in [7, 11) is 1.71. The third kappa shape index (κ3) is 6.25. The number of carbonyl (C=O) groups excluding carboxylic acids is 1. The molecule has 0 heterocycles. The molecule has 19 heavy (non-hydrogen) atoms. The Labute approximate surface area is 115 Å². The quantitative estimate of drug-likeness (QED) is 0.674. The lowest BCUT2D eigenvalue weighted by Gasteiger charge is -2.07. The van der Waals surface area contributed by atoms with E-state index < -0.39 is 0 Å². The van der Waals surface area contributed by atoms with Crippen LogP contribution in [0.2, 0.25) is 0 Å². The van der Waals surface area contributed by atoms with Gasteiger partial charge >= 0.3 is 0 Å². The molecular weight excluding hydrogens is 240 g/mol. The molecule has 1 aromatic carbocycles. The molecule has 2 N–H and O–H groups in total. The zero-order valence-corrected chi connectivity index (χ0v) is 11.9. The summed E-state index contributed by atoms with van der Waals surface area (Å²) in [4.78, 5) is 11.8. The molecule has 0 spiro atoms. The van der Waals surface area contributed by atoms with E-state index in [1.807, 2.05) is 31.2 Å². The molecule has 0 bridgehead atoms. The maximum absolute atomic E-state index is 11.8. The molecule has 0 saturated heterocycles. The largest absolute Gasteiger partial charge is 0.385 e. The molecule has 0 aliphatic rings. The van der Waals surface area contributed by atoms with Crippen molar-refractivity contribution in [2.45, 2.75) is 26.2 Å². The van der Waals surface area contributed by atoms with Gasteiger partial charge in [-0.15, -0.1) is 0 Å². The highest BCUT2D eigenvalue weighted by molar-refractivity contribution is 5.94. The van der Waals surface area contributed by atoms with Gasteiger partial charge in [0, 0.05) is 38.1 Å². The molecule has 0 aliphatic heterocycles. The topological polar surface area (TPSA) is 50.4 Å². The third-order valence-electron chi connectivity index (χ3n) is 2.84. The normalized spacial score (nSPS) is 10.2. The van der Waals surface area contributed by atoms with Crippen LogP contribution in [-0.2, 0) is 4.74 Å². The minimum absolute atomic E-state index is 0.00482. The number of anilines is 1. The Morgan fingerprint density at radius 1 is 1.16 bits per heavy atom. The first-order chi connectivity index (χ1) is 9.27. The summed E-state index contributed by atoms with van der Waals surface area (Å²) in [6.45, 7) is 4.44. The number of hydrogen-bond acceptors (Lipinski definition) is 3. The molecule has 1 rings (SSSR count). The summed E-state index contributed by atoms with van der Waals surface area (Å²) in [5, 5.41) is 6.13. The first kappa shape index (κ1) is 15.5. The van der Waals surface area contributed by atoms with Crippen LogP contribution in [0.25, 0.3) is 0 Å². The number of methoxy groups -OCH3 is 1. The molecule has 0 atom stereocenters. The van der Waals surface area contributed by atoms with Gasteiger partial charge in [0.15, 0.2) is 0 Å². The molecule has 0 saturated carbocycles. The predicted molar refractivity (Wildman–Crippen MR) is 78.7 cm³/mol. The monoisotopic (exact) mass is 264 g/mol. The molecular formula is C15H24N2O2. The smallest absolute Gasteiger partial charge is 0.251 e. The van der Waals surface area contributed by atoms with Crippen molar-refractivity contribution in [3.05, 3.63) is 29.8 Å². The second kappa shape index (κ2) is 9.39. The van der Waals surface area contributed by atoms with E-state index >= 15 is 0 Å². The van der Waals surface area contributed by atoms with Crippen LogP contribution in [0.4, 0.5) is 5.69 Å². The first-order valence-electron chi connectivity index (χ1n) is 6.89. The van der Waals surface area contributed by atoms with Gasteiger partial charge in [-0.25, -0.2) is 0 Å². The van der Waals surface area contributed by atoms with Crippen molar-refractivity contribution in [1.29, 1.82) is 0 Å². The van der Waals surface area contributed by atoms with E-state index in [2.05, 4.69) is 10.6 Å². The number of ether oxygens (including phenoxy) is 1. The van der Waals surface area contributed by atoms with E-state index in [0.29, 0.717) is 5.56 Å². The van der Waals surface area contributed by atoms with Gasteiger partial charge in [-0.2, -0.15) is 0 Å². The summed E-state index contributed by atoms with van der Waals surface area (Å²) in [6, 6.07) is 7.55. The van der Waals surface area contributed by atoms with Crippen LogP contribution >= 0.6 is 0 Å². The minimum Gasteiger partial charge on any atom is -0.385 e. The summed E-state index contributed by atoms with van der Waals surface area (Å²) >= 11 is 0. The fraction of sp³-hybridized carbons (Fsp3) is 0.533. The third-order valence-corrected chi connectivity index (χ3v) is 2.84. The Morgan fingerprint density at radius 3 is 2.53 bits per heavy atom. The molecule has 106 valence electrons. The zero-order chi connectivity index (χ0) is 13.9. The SMILES string of the molecule is CCNc1ccc(C(=O)NCCCCCOC)cc1. The van der Waals surface area contributed by atoms with Gasteiger partial charge in [-0.3, -0.25) is 4.79 Å². The highest BCUT2D eigenvalue weighted by atomic mass is 16.5. The van der Waals surface area contributed by atoms with Gasteiger partial charge < -0.3 is 15.4 Å². The van der Waals surface area contributed by atoms with Crippen LogP contribution in [0.1, 0.15) is 36.5 Å². The van der Waals surface area contributed by atoms with Crippen LogP contribution in [0.5, 0.6) is 0 Å². The zero-order valence-electron chi connectivity index (χ0n) is 11.9. The van der Waals surface area contributed by atoms with Crippen molar-refractivity contribution >= 4 is 11.6 Å². The molecule has 4 heteroatoms. The second-order valence-corrected chi connectivity index (χ2v) is 4.42. The Balaban J connectivity index is 2.25. The number of rotatable bonds is 9. The highest BCUT2D eigenvalue weighted by Gasteiger charge is 2.04. The van der Waals surface area contributed by atoms with Crippen molar-refractivity contribution in [3.63, 3.8) is 0 Å². The number of amides is 1. The Bertz CT molecular complexity index is 363. The van der Waals surface area contributed by atoms with Crippen molar-refractivity contribution in [1.82, 2.24) is 5.32 Å². The molecule has 0 aromatic heterocycles. The van der Waals surface area contributed by atoms with Gasteiger partial charge in [0.2, 0.25) is 0 Å². The molecule has 0 fully saturated rings. The van der Waals surface area contributed by atoms with Crippen molar-refractivity contribution < 1.29 is 9.53 Å². The van der Waals surface area contributed by atoms with Crippen LogP contribution in [-0.4, -0.2) is 32.7 Å². The molecule has 1 amide bonds. The fourth-order valence-electron chi connectivity index (χ4n) is 1.80. The molecule has 0 unspecified atom stereocenters. The van der Waals surface area contributed by atoms with E-state index in [4.69, 9.17) is 4.74 Å². The van der Waals surface area contributed by atoms with Crippen molar-refractivity contribution in [2.75, 3.05) is 32.1 Å². The predicted octanol–water partition coefficient (Wildman–Crippen LogP) is 2.66.